The number of carbonyl (C=O) groups excluding carboxylic acids is 1. The van der Waals surface area contributed by atoms with Gasteiger partial charge in [-0.2, -0.15) is 0 Å². The van der Waals surface area contributed by atoms with Gasteiger partial charge in [0.05, 0.1) is 18.5 Å². The number of ether oxygens (including phenoxy) is 1. The number of hydrogen-bond donors (Lipinski definition) is 3. The molecule has 0 saturated carbocycles. The molecule has 0 unspecified atom stereocenters. The van der Waals surface area contributed by atoms with Gasteiger partial charge in [-0.3, -0.25) is 0 Å². The average Bonchev–Trinajstić information content (AvgIpc) is 2.68. The highest BCUT2D eigenvalue weighted by Gasteiger charge is 2.06. The van der Waals surface area contributed by atoms with E-state index in [1.165, 1.54) is 0 Å². The molecule has 0 fully saturated rings. The van der Waals surface area contributed by atoms with Crippen LogP contribution in [0.1, 0.15) is 5.56 Å². The lowest BCUT2D eigenvalue weighted by molar-refractivity contribution is 0.262. The van der Waals surface area contributed by atoms with Gasteiger partial charge in [0.15, 0.2) is 0 Å². The van der Waals surface area contributed by atoms with E-state index in [0.29, 0.717) is 6.54 Å². The second-order valence-corrected chi connectivity index (χ2v) is 5.69. The molecule has 0 heterocycles. The number of para-hydroxylation sites is 3. The lowest BCUT2D eigenvalue weighted by atomic mass is 10.2. The Morgan fingerprint density at radius 1 is 0.808 bits per heavy atom. The first-order valence-corrected chi connectivity index (χ1v) is 8.33. The third kappa shape index (κ3) is 4.77. The van der Waals surface area contributed by atoms with E-state index in [4.69, 9.17) is 4.74 Å². The highest BCUT2D eigenvalue weighted by atomic mass is 16.5. The fourth-order valence-corrected chi connectivity index (χ4v) is 2.49. The van der Waals surface area contributed by atoms with Crippen molar-refractivity contribution in [2.75, 3.05) is 23.1 Å². The summed E-state index contributed by atoms with van der Waals surface area (Å²) in [7, 11) is 1.65. The van der Waals surface area contributed by atoms with Crippen molar-refractivity contribution in [2.45, 2.75) is 6.54 Å². The van der Waals surface area contributed by atoms with Gasteiger partial charge in [0.25, 0.3) is 0 Å². The Hall–Kier alpha value is -3.47. The van der Waals surface area contributed by atoms with E-state index in [-0.39, 0.29) is 6.03 Å². The van der Waals surface area contributed by atoms with Crippen molar-refractivity contribution < 1.29 is 9.53 Å². The Morgan fingerprint density at radius 3 is 2.15 bits per heavy atom. The summed E-state index contributed by atoms with van der Waals surface area (Å²) >= 11 is 0. The molecule has 3 aromatic rings. The lowest BCUT2D eigenvalue weighted by Crippen LogP contribution is -2.20. The van der Waals surface area contributed by atoms with Gasteiger partial charge >= 0.3 is 6.03 Å². The Labute approximate surface area is 153 Å². The quantitative estimate of drug-likeness (QED) is 0.591. The van der Waals surface area contributed by atoms with E-state index in [9.17, 15) is 4.79 Å². The van der Waals surface area contributed by atoms with E-state index in [0.717, 1.165) is 28.4 Å². The van der Waals surface area contributed by atoms with Crippen LogP contribution in [0.4, 0.5) is 21.9 Å². The molecule has 0 aliphatic carbocycles. The molecule has 0 spiro atoms. The van der Waals surface area contributed by atoms with Gasteiger partial charge in [0.1, 0.15) is 5.75 Å². The van der Waals surface area contributed by atoms with Crippen LogP contribution in [0.5, 0.6) is 5.75 Å². The fourth-order valence-electron chi connectivity index (χ4n) is 2.49. The van der Waals surface area contributed by atoms with Crippen molar-refractivity contribution >= 4 is 23.1 Å². The second-order valence-electron chi connectivity index (χ2n) is 5.69. The number of methoxy groups -OCH3 is 1. The van der Waals surface area contributed by atoms with Crippen LogP contribution in [0.2, 0.25) is 0 Å². The number of amides is 2. The summed E-state index contributed by atoms with van der Waals surface area (Å²) in [5, 5.41) is 9.05. The van der Waals surface area contributed by atoms with Crippen LogP contribution in [0.3, 0.4) is 0 Å². The Bertz CT molecular complexity index is 849. The topological polar surface area (TPSA) is 62.4 Å². The van der Waals surface area contributed by atoms with Crippen LogP contribution < -0.4 is 20.7 Å². The lowest BCUT2D eigenvalue weighted by Gasteiger charge is -2.14. The van der Waals surface area contributed by atoms with Gasteiger partial charge in [-0.15, -0.1) is 0 Å². The zero-order valence-electron chi connectivity index (χ0n) is 14.5. The molecule has 2 amide bonds. The number of hydrogen-bond acceptors (Lipinski definition) is 3. The Morgan fingerprint density at radius 2 is 1.46 bits per heavy atom. The van der Waals surface area contributed by atoms with E-state index in [1.807, 2.05) is 78.9 Å². The van der Waals surface area contributed by atoms with Crippen molar-refractivity contribution in [3.05, 3.63) is 84.4 Å². The fraction of sp³-hybridized carbons (Fsp3) is 0.0952. The molecule has 3 aromatic carbocycles. The Kier molecular flexibility index (Phi) is 5.72. The molecule has 0 aromatic heterocycles. The van der Waals surface area contributed by atoms with Gasteiger partial charge in [-0.1, -0.05) is 42.5 Å². The molecule has 3 rings (SSSR count). The van der Waals surface area contributed by atoms with E-state index in [1.54, 1.807) is 7.11 Å². The first-order chi connectivity index (χ1) is 12.7. The van der Waals surface area contributed by atoms with Gasteiger partial charge in [-0.05, 0) is 42.0 Å². The van der Waals surface area contributed by atoms with E-state index in [2.05, 4.69) is 16.0 Å². The SMILES string of the molecule is COc1ccc(CNc2ccccc2NC(=O)Nc2ccccc2)cc1. The highest BCUT2D eigenvalue weighted by molar-refractivity contribution is 6.01. The van der Waals surface area contributed by atoms with Crippen molar-refractivity contribution in [1.29, 1.82) is 0 Å². The minimum Gasteiger partial charge on any atom is -0.497 e. The highest BCUT2D eigenvalue weighted by Crippen LogP contribution is 2.22. The van der Waals surface area contributed by atoms with E-state index < -0.39 is 0 Å². The zero-order valence-corrected chi connectivity index (χ0v) is 14.5. The van der Waals surface area contributed by atoms with Crippen molar-refractivity contribution in [1.82, 2.24) is 0 Å². The average molecular weight is 347 g/mol. The van der Waals surface area contributed by atoms with Crippen molar-refractivity contribution in [2.24, 2.45) is 0 Å². The third-order valence-electron chi connectivity index (χ3n) is 3.85. The summed E-state index contributed by atoms with van der Waals surface area (Å²) in [5.74, 6) is 0.827. The van der Waals surface area contributed by atoms with Crippen molar-refractivity contribution in [3.63, 3.8) is 0 Å². The molecule has 132 valence electrons. The van der Waals surface area contributed by atoms with Crippen LogP contribution in [-0.4, -0.2) is 13.1 Å². The molecular formula is C21H21N3O2. The third-order valence-corrected chi connectivity index (χ3v) is 3.85. The Balaban J connectivity index is 1.62. The van der Waals surface area contributed by atoms with Gasteiger partial charge in [-0.25, -0.2) is 4.79 Å². The van der Waals surface area contributed by atoms with Crippen LogP contribution >= 0.6 is 0 Å². The number of benzene rings is 3. The minimum atomic E-state index is -0.283. The number of carbonyl (C=O) groups is 1. The second kappa shape index (κ2) is 8.58. The maximum Gasteiger partial charge on any atom is 0.323 e. The first-order valence-electron chi connectivity index (χ1n) is 8.33. The predicted molar refractivity (Wildman–Crippen MR) is 106 cm³/mol. The summed E-state index contributed by atoms with van der Waals surface area (Å²) in [6, 6.07) is 24.5. The largest absolute Gasteiger partial charge is 0.497 e. The standard InChI is InChI=1S/C21H21N3O2/c1-26-18-13-11-16(12-14-18)15-22-19-9-5-6-10-20(19)24-21(25)23-17-7-3-2-4-8-17/h2-14,22H,15H2,1H3,(H2,23,24,25). The summed E-state index contributed by atoms with van der Waals surface area (Å²) in [4.78, 5) is 12.2. The monoisotopic (exact) mass is 347 g/mol. The molecule has 0 aliphatic heterocycles. The van der Waals surface area contributed by atoms with E-state index >= 15 is 0 Å². The van der Waals surface area contributed by atoms with Crippen LogP contribution in [0.15, 0.2) is 78.9 Å². The first kappa shape index (κ1) is 17.4. The molecule has 0 saturated heterocycles. The maximum atomic E-state index is 12.2. The summed E-state index contributed by atoms with van der Waals surface area (Å²) in [6.07, 6.45) is 0. The van der Waals surface area contributed by atoms with Crippen LogP contribution in [0, 0.1) is 0 Å². The van der Waals surface area contributed by atoms with Crippen molar-refractivity contribution in [3.8, 4) is 5.75 Å². The molecule has 26 heavy (non-hydrogen) atoms. The molecule has 0 atom stereocenters. The maximum absolute atomic E-state index is 12.2. The number of urea groups is 1. The number of nitrogens with one attached hydrogen (secondary N) is 3. The van der Waals surface area contributed by atoms with Gasteiger partial charge in [0.2, 0.25) is 0 Å². The summed E-state index contributed by atoms with van der Waals surface area (Å²) in [5.41, 5.74) is 3.43. The molecule has 5 nitrogen and oxygen atoms in total. The van der Waals surface area contributed by atoms with Crippen LogP contribution in [0.25, 0.3) is 0 Å². The normalized spacial score (nSPS) is 10.0. The van der Waals surface area contributed by atoms with Crippen LogP contribution in [-0.2, 0) is 6.54 Å². The molecular weight excluding hydrogens is 326 g/mol. The zero-order chi connectivity index (χ0) is 18.2. The predicted octanol–water partition coefficient (Wildman–Crippen LogP) is 4.95. The molecule has 0 aliphatic rings. The van der Waals surface area contributed by atoms with Gasteiger partial charge in [0, 0.05) is 12.2 Å². The minimum absolute atomic E-state index is 0.283. The number of rotatable bonds is 6. The summed E-state index contributed by atoms with van der Waals surface area (Å²) in [6.45, 7) is 0.642. The molecule has 5 heteroatoms. The molecule has 0 radical (unpaired) electrons. The molecule has 0 bridgehead atoms. The number of anilines is 3. The van der Waals surface area contributed by atoms with Gasteiger partial charge < -0.3 is 20.7 Å². The summed E-state index contributed by atoms with van der Waals surface area (Å²) < 4.78 is 5.17. The smallest absolute Gasteiger partial charge is 0.323 e. The molecule has 3 N–H and O–H groups in total.